The first-order valence-corrected chi connectivity index (χ1v) is 5.12. The standard InChI is InChI=1S/C11H15FS/c1-8(7-13)5-10-3-4-11(12)9(2)6-10/h3-4,6,8,13H,5,7H2,1-2H3. The number of hydrogen-bond donors (Lipinski definition) is 1. The van der Waals surface area contributed by atoms with Crippen LogP contribution < -0.4 is 0 Å². The van der Waals surface area contributed by atoms with E-state index in [4.69, 9.17) is 0 Å². The predicted octanol–water partition coefficient (Wildman–Crippen LogP) is 3.24. The molecule has 0 saturated carbocycles. The van der Waals surface area contributed by atoms with Crippen molar-refractivity contribution in [3.05, 3.63) is 35.1 Å². The molecule has 72 valence electrons. The van der Waals surface area contributed by atoms with Crippen LogP contribution in [0.5, 0.6) is 0 Å². The number of halogens is 1. The molecule has 0 N–H and O–H groups in total. The summed E-state index contributed by atoms with van der Waals surface area (Å²) in [4.78, 5) is 0. The van der Waals surface area contributed by atoms with Gasteiger partial charge in [0.1, 0.15) is 5.82 Å². The lowest BCUT2D eigenvalue weighted by Crippen LogP contribution is -2.01. The van der Waals surface area contributed by atoms with E-state index in [0.717, 1.165) is 17.7 Å². The van der Waals surface area contributed by atoms with Crippen LogP contribution in [0.2, 0.25) is 0 Å². The third-order valence-electron chi connectivity index (χ3n) is 2.12. The quantitative estimate of drug-likeness (QED) is 0.708. The molecule has 1 atom stereocenters. The van der Waals surface area contributed by atoms with Crippen LogP contribution in [-0.4, -0.2) is 5.75 Å². The van der Waals surface area contributed by atoms with Crippen molar-refractivity contribution in [3.63, 3.8) is 0 Å². The Bertz CT molecular complexity index is 283. The van der Waals surface area contributed by atoms with Crippen molar-refractivity contribution >= 4 is 12.6 Å². The highest BCUT2D eigenvalue weighted by Crippen LogP contribution is 2.13. The monoisotopic (exact) mass is 198 g/mol. The highest BCUT2D eigenvalue weighted by molar-refractivity contribution is 7.80. The van der Waals surface area contributed by atoms with Crippen molar-refractivity contribution in [3.8, 4) is 0 Å². The second-order valence-electron chi connectivity index (χ2n) is 3.58. The average Bonchev–Trinajstić information content (AvgIpc) is 2.11. The second kappa shape index (κ2) is 4.66. The van der Waals surface area contributed by atoms with Crippen LogP contribution in [0.1, 0.15) is 18.1 Å². The average molecular weight is 198 g/mol. The van der Waals surface area contributed by atoms with Gasteiger partial charge in [0.05, 0.1) is 0 Å². The fourth-order valence-corrected chi connectivity index (χ4v) is 1.43. The molecule has 0 saturated heterocycles. The molecule has 0 bridgehead atoms. The van der Waals surface area contributed by atoms with Gasteiger partial charge < -0.3 is 0 Å². The summed E-state index contributed by atoms with van der Waals surface area (Å²) in [5.74, 6) is 1.30. The Balaban J connectivity index is 2.73. The zero-order chi connectivity index (χ0) is 9.84. The Morgan fingerprint density at radius 3 is 2.69 bits per heavy atom. The third-order valence-corrected chi connectivity index (χ3v) is 2.74. The first kappa shape index (κ1) is 10.6. The van der Waals surface area contributed by atoms with Gasteiger partial charge >= 0.3 is 0 Å². The summed E-state index contributed by atoms with van der Waals surface area (Å²) in [7, 11) is 0. The van der Waals surface area contributed by atoms with Crippen molar-refractivity contribution in [1.29, 1.82) is 0 Å². The Hall–Kier alpha value is -0.500. The largest absolute Gasteiger partial charge is 0.207 e. The summed E-state index contributed by atoms with van der Waals surface area (Å²) in [5.41, 5.74) is 1.92. The minimum Gasteiger partial charge on any atom is -0.207 e. The van der Waals surface area contributed by atoms with E-state index >= 15 is 0 Å². The lowest BCUT2D eigenvalue weighted by molar-refractivity contribution is 0.613. The fourth-order valence-electron chi connectivity index (χ4n) is 1.30. The summed E-state index contributed by atoms with van der Waals surface area (Å²) < 4.78 is 12.9. The van der Waals surface area contributed by atoms with Crippen LogP contribution >= 0.6 is 12.6 Å². The lowest BCUT2D eigenvalue weighted by Gasteiger charge is -2.08. The molecule has 0 aliphatic heterocycles. The molecule has 0 spiro atoms. The first-order chi connectivity index (χ1) is 6.13. The van der Waals surface area contributed by atoms with Gasteiger partial charge in [0, 0.05) is 0 Å². The summed E-state index contributed by atoms with van der Waals surface area (Å²) >= 11 is 4.22. The van der Waals surface area contributed by atoms with E-state index in [0.29, 0.717) is 5.92 Å². The maximum absolute atomic E-state index is 12.9. The molecule has 0 heterocycles. The molecule has 0 radical (unpaired) electrons. The molecule has 1 rings (SSSR count). The number of benzene rings is 1. The van der Waals surface area contributed by atoms with Crippen molar-refractivity contribution in [2.24, 2.45) is 5.92 Å². The smallest absolute Gasteiger partial charge is 0.126 e. The molecular formula is C11H15FS. The van der Waals surface area contributed by atoms with Gasteiger partial charge in [-0.15, -0.1) is 0 Å². The van der Waals surface area contributed by atoms with Crippen LogP contribution in [0.15, 0.2) is 18.2 Å². The normalized spacial score (nSPS) is 12.9. The Morgan fingerprint density at radius 2 is 2.15 bits per heavy atom. The van der Waals surface area contributed by atoms with Gasteiger partial charge in [-0.1, -0.05) is 19.1 Å². The molecule has 0 amide bonds. The summed E-state index contributed by atoms with van der Waals surface area (Å²) in [6.45, 7) is 3.94. The lowest BCUT2D eigenvalue weighted by atomic mass is 10.0. The summed E-state index contributed by atoms with van der Waals surface area (Å²) in [5, 5.41) is 0. The molecule has 1 unspecified atom stereocenters. The molecule has 1 aromatic rings. The van der Waals surface area contributed by atoms with Crippen LogP contribution in [0.4, 0.5) is 4.39 Å². The Kier molecular flexibility index (Phi) is 3.79. The maximum Gasteiger partial charge on any atom is 0.126 e. The van der Waals surface area contributed by atoms with E-state index in [-0.39, 0.29) is 5.82 Å². The van der Waals surface area contributed by atoms with E-state index < -0.39 is 0 Å². The van der Waals surface area contributed by atoms with Crippen LogP contribution in [0, 0.1) is 18.7 Å². The van der Waals surface area contributed by atoms with Gasteiger partial charge in [-0.2, -0.15) is 12.6 Å². The van der Waals surface area contributed by atoms with Crippen molar-refractivity contribution < 1.29 is 4.39 Å². The molecule has 2 heteroatoms. The van der Waals surface area contributed by atoms with Crippen molar-refractivity contribution in [2.75, 3.05) is 5.75 Å². The molecule has 13 heavy (non-hydrogen) atoms. The van der Waals surface area contributed by atoms with Gasteiger partial charge in [-0.25, -0.2) is 4.39 Å². The number of rotatable bonds is 3. The zero-order valence-corrected chi connectivity index (χ0v) is 8.94. The second-order valence-corrected chi connectivity index (χ2v) is 3.94. The van der Waals surface area contributed by atoms with E-state index in [2.05, 4.69) is 19.6 Å². The predicted molar refractivity (Wildman–Crippen MR) is 57.9 cm³/mol. The van der Waals surface area contributed by atoms with Crippen LogP contribution in [0.25, 0.3) is 0 Å². The van der Waals surface area contributed by atoms with Gasteiger partial charge in [-0.05, 0) is 42.2 Å². The van der Waals surface area contributed by atoms with E-state index in [9.17, 15) is 4.39 Å². The van der Waals surface area contributed by atoms with Gasteiger partial charge in [0.2, 0.25) is 0 Å². The topological polar surface area (TPSA) is 0 Å². The van der Waals surface area contributed by atoms with Gasteiger partial charge in [0.25, 0.3) is 0 Å². The third kappa shape index (κ3) is 3.03. The minimum atomic E-state index is -0.123. The molecule has 0 aliphatic rings. The molecule has 0 nitrogen and oxygen atoms in total. The van der Waals surface area contributed by atoms with Crippen LogP contribution in [-0.2, 0) is 6.42 Å². The number of thiol groups is 1. The zero-order valence-electron chi connectivity index (χ0n) is 8.05. The maximum atomic E-state index is 12.9. The van der Waals surface area contributed by atoms with E-state index in [1.165, 1.54) is 11.6 Å². The van der Waals surface area contributed by atoms with Gasteiger partial charge in [-0.3, -0.25) is 0 Å². The number of aryl methyl sites for hydroxylation is 1. The van der Waals surface area contributed by atoms with Gasteiger partial charge in [0.15, 0.2) is 0 Å². The molecule has 1 aromatic carbocycles. The van der Waals surface area contributed by atoms with Crippen molar-refractivity contribution in [2.45, 2.75) is 20.3 Å². The van der Waals surface area contributed by atoms with E-state index in [1.807, 2.05) is 12.1 Å². The molecule has 0 aliphatic carbocycles. The van der Waals surface area contributed by atoms with Crippen LogP contribution in [0.3, 0.4) is 0 Å². The first-order valence-electron chi connectivity index (χ1n) is 4.49. The molecule has 0 aromatic heterocycles. The fraction of sp³-hybridized carbons (Fsp3) is 0.455. The minimum absolute atomic E-state index is 0.123. The SMILES string of the molecule is Cc1cc(CC(C)CS)ccc1F. The highest BCUT2D eigenvalue weighted by Gasteiger charge is 2.03. The number of hydrogen-bond acceptors (Lipinski definition) is 1. The summed E-state index contributed by atoms with van der Waals surface area (Å²) in [6, 6.07) is 5.30. The Labute approximate surface area is 84.6 Å². The Morgan fingerprint density at radius 1 is 1.46 bits per heavy atom. The highest BCUT2D eigenvalue weighted by atomic mass is 32.1. The van der Waals surface area contributed by atoms with Crippen molar-refractivity contribution in [1.82, 2.24) is 0 Å². The molecule has 0 fully saturated rings. The van der Waals surface area contributed by atoms with E-state index in [1.54, 1.807) is 6.92 Å². The summed E-state index contributed by atoms with van der Waals surface area (Å²) in [6.07, 6.45) is 0.977. The molecular weight excluding hydrogens is 183 g/mol.